The second kappa shape index (κ2) is 6.81. The summed E-state index contributed by atoms with van der Waals surface area (Å²) >= 11 is 11.8. The minimum Gasteiger partial charge on any atom is -0.332 e. The van der Waals surface area contributed by atoms with Gasteiger partial charge in [-0.2, -0.15) is 0 Å². The Morgan fingerprint density at radius 3 is 2.50 bits per heavy atom. The lowest BCUT2D eigenvalue weighted by Crippen LogP contribution is -2.35. The number of benzene rings is 1. The largest absolute Gasteiger partial charge is 0.332 e. The van der Waals surface area contributed by atoms with Crippen molar-refractivity contribution in [1.82, 2.24) is 4.90 Å². The highest BCUT2D eigenvalue weighted by atomic mass is 35.5. The third-order valence-electron chi connectivity index (χ3n) is 2.55. The number of hydrogen-bond donors (Lipinski definition) is 0. The highest BCUT2D eigenvalue weighted by molar-refractivity contribution is 6.42. The van der Waals surface area contributed by atoms with Gasteiger partial charge < -0.3 is 4.90 Å². The van der Waals surface area contributed by atoms with Crippen LogP contribution in [0.2, 0.25) is 10.0 Å². The molecule has 0 unspecified atom stereocenters. The summed E-state index contributed by atoms with van der Waals surface area (Å²) in [4.78, 5) is 13.7. The number of hydrogen-bond acceptors (Lipinski definition) is 1. The molecule has 0 saturated carbocycles. The summed E-state index contributed by atoms with van der Waals surface area (Å²) in [6.07, 6.45) is 3.31. The van der Waals surface area contributed by atoms with Crippen LogP contribution in [0.5, 0.6) is 0 Å². The molecule has 0 aromatic heterocycles. The van der Waals surface area contributed by atoms with Gasteiger partial charge in [0.05, 0.1) is 10.0 Å². The van der Waals surface area contributed by atoms with Gasteiger partial charge in [0.1, 0.15) is 0 Å². The molecule has 1 rings (SSSR count). The minimum absolute atomic E-state index is 0.00132. The number of nitrogens with zero attached hydrogens (tertiary/aromatic N) is 1. The van der Waals surface area contributed by atoms with E-state index in [9.17, 15) is 4.79 Å². The minimum atomic E-state index is -0.00132. The van der Waals surface area contributed by atoms with Crippen LogP contribution < -0.4 is 0 Å². The van der Waals surface area contributed by atoms with Crippen molar-refractivity contribution in [2.75, 3.05) is 0 Å². The second-order valence-electron chi connectivity index (χ2n) is 4.31. The molecule has 1 amide bonds. The monoisotopic (exact) mass is 285 g/mol. The van der Waals surface area contributed by atoms with E-state index < -0.39 is 0 Å². The molecule has 0 fully saturated rings. The first-order chi connectivity index (χ1) is 8.45. The van der Waals surface area contributed by atoms with Crippen LogP contribution in [0.1, 0.15) is 26.3 Å². The summed E-state index contributed by atoms with van der Waals surface area (Å²) < 4.78 is 0. The van der Waals surface area contributed by atoms with E-state index in [0.717, 1.165) is 5.56 Å². The van der Waals surface area contributed by atoms with Gasteiger partial charge >= 0.3 is 0 Å². The molecule has 0 spiro atoms. The maximum Gasteiger partial charge on any atom is 0.246 e. The summed E-state index contributed by atoms with van der Waals surface area (Å²) in [5.74, 6) is -0.00132. The van der Waals surface area contributed by atoms with Crippen LogP contribution in [0.3, 0.4) is 0 Å². The highest BCUT2D eigenvalue weighted by Gasteiger charge is 2.15. The Hall–Kier alpha value is -0.990. The molecular formula is C14H17Cl2NO. The van der Waals surface area contributed by atoms with Crippen molar-refractivity contribution in [3.8, 4) is 0 Å². The molecule has 0 N–H and O–H groups in total. The average Bonchev–Trinajstić information content (AvgIpc) is 2.30. The maximum atomic E-state index is 11.9. The van der Waals surface area contributed by atoms with Gasteiger partial charge in [-0.25, -0.2) is 0 Å². The van der Waals surface area contributed by atoms with Crippen LogP contribution in [0.25, 0.3) is 0 Å². The Labute approximate surface area is 118 Å². The van der Waals surface area contributed by atoms with E-state index in [4.69, 9.17) is 23.2 Å². The lowest BCUT2D eigenvalue weighted by molar-refractivity contribution is -0.128. The molecule has 0 saturated heterocycles. The van der Waals surface area contributed by atoms with E-state index >= 15 is 0 Å². The van der Waals surface area contributed by atoms with Gasteiger partial charge in [0.2, 0.25) is 5.91 Å². The zero-order chi connectivity index (χ0) is 13.7. The van der Waals surface area contributed by atoms with Crippen LogP contribution in [-0.4, -0.2) is 16.8 Å². The smallest absolute Gasteiger partial charge is 0.246 e. The zero-order valence-corrected chi connectivity index (χ0v) is 12.3. The molecule has 4 heteroatoms. The average molecular weight is 286 g/mol. The first kappa shape index (κ1) is 15.1. The summed E-state index contributed by atoms with van der Waals surface area (Å²) in [7, 11) is 0. The van der Waals surface area contributed by atoms with E-state index in [1.807, 2.05) is 26.8 Å². The van der Waals surface area contributed by atoms with Crippen LogP contribution in [0, 0.1) is 0 Å². The van der Waals surface area contributed by atoms with E-state index in [-0.39, 0.29) is 11.9 Å². The molecule has 0 heterocycles. The van der Waals surface area contributed by atoms with Crippen molar-refractivity contribution < 1.29 is 4.79 Å². The van der Waals surface area contributed by atoms with Crippen molar-refractivity contribution in [3.63, 3.8) is 0 Å². The standard InChI is InChI=1S/C14H17Cl2NO/c1-4-5-14(18)17(10(2)3)9-11-6-7-12(15)13(16)8-11/h4-8,10H,9H2,1-3H3. The molecule has 0 aliphatic carbocycles. The van der Waals surface area contributed by atoms with Crippen molar-refractivity contribution in [3.05, 3.63) is 46.0 Å². The highest BCUT2D eigenvalue weighted by Crippen LogP contribution is 2.23. The lowest BCUT2D eigenvalue weighted by Gasteiger charge is -2.25. The normalized spacial score (nSPS) is 11.2. The first-order valence-corrected chi connectivity index (χ1v) is 6.58. The van der Waals surface area contributed by atoms with Crippen LogP contribution in [0.4, 0.5) is 0 Å². The van der Waals surface area contributed by atoms with Crippen molar-refractivity contribution in [2.24, 2.45) is 0 Å². The number of allylic oxidation sites excluding steroid dienone is 1. The lowest BCUT2D eigenvalue weighted by atomic mass is 10.2. The van der Waals surface area contributed by atoms with Gasteiger partial charge in [0.15, 0.2) is 0 Å². The predicted octanol–water partition coefficient (Wildman–Crippen LogP) is 4.31. The van der Waals surface area contributed by atoms with Crippen LogP contribution in [0.15, 0.2) is 30.4 Å². The molecule has 0 atom stereocenters. The molecule has 0 bridgehead atoms. The van der Waals surface area contributed by atoms with E-state index in [1.165, 1.54) is 0 Å². The fourth-order valence-corrected chi connectivity index (χ4v) is 1.91. The van der Waals surface area contributed by atoms with Gasteiger partial charge in [-0.1, -0.05) is 35.3 Å². The first-order valence-electron chi connectivity index (χ1n) is 5.83. The van der Waals surface area contributed by atoms with Crippen LogP contribution in [-0.2, 0) is 11.3 Å². The third-order valence-corrected chi connectivity index (χ3v) is 3.29. The van der Waals surface area contributed by atoms with Gasteiger partial charge in [0, 0.05) is 12.6 Å². The topological polar surface area (TPSA) is 20.3 Å². The Kier molecular flexibility index (Phi) is 5.70. The summed E-state index contributed by atoms with van der Waals surface area (Å²) in [5.41, 5.74) is 0.968. The molecule has 1 aromatic carbocycles. The van der Waals surface area contributed by atoms with Gasteiger partial charge in [-0.05, 0) is 44.5 Å². The summed E-state index contributed by atoms with van der Waals surface area (Å²) in [6, 6.07) is 5.55. The predicted molar refractivity (Wildman–Crippen MR) is 77.0 cm³/mol. The maximum absolute atomic E-state index is 11.9. The molecule has 0 aliphatic heterocycles. The van der Waals surface area contributed by atoms with E-state index in [0.29, 0.717) is 16.6 Å². The Balaban J connectivity index is 2.90. The molecule has 98 valence electrons. The quantitative estimate of drug-likeness (QED) is 0.755. The second-order valence-corrected chi connectivity index (χ2v) is 5.12. The number of rotatable bonds is 4. The SMILES string of the molecule is CC=CC(=O)N(Cc1ccc(Cl)c(Cl)c1)C(C)C. The molecular weight excluding hydrogens is 269 g/mol. The number of carbonyl (C=O) groups is 1. The third kappa shape index (κ3) is 4.04. The van der Waals surface area contributed by atoms with Crippen molar-refractivity contribution in [2.45, 2.75) is 33.4 Å². The molecule has 18 heavy (non-hydrogen) atoms. The molecule has 0 radical (unpaired) electrons. The number of halogens is 2. The van der Waals surface area contributed by atoms with E-state index in [2.05, 4.69) is 0 Å². The number of carbonyl (C=O) groups excluding carboxylic acids is 1. The summed E-state index contributed by atoms with van der Waals surface area (Å²) in [6.45, 7) is 6.32. The molecule has 2 nitrogen and oxygen atoms in total. The summed E-state index contributed by atoms with van der Waals surface area (Å²) in [5, 5.41) is 1.03. The Morgan fingerprint density at radius 2 is 2.00 bits per heavy atom. The zero-order valence-electron chi connectivity index (χ0n) is 10.8. The fraction of sp³-hybridized carbons (Fsp3) is 0.357. The van der Waals surface area contributed by atoms with Gasteiger partial charge in [0.25, 0.3) is 0 Å². The Morgan fingerprint density at radius 1 is 1.33 bits per heavy atom. The number of amides is 1. The fourth-order valence-electron chi connectivity index (χ4n) is 1.59. The van der Waals surface area contributed by atoms with Crippen molar-refractivity contribution in [1.29, 1.82) is 0 Å². The Bertz CT molecular complexity index is 455. The van der Waals surface area contributed by atoms with E-state index in [1.54, 1.807) is 29.2 Å². The van der Waals surface area contributed by atoms with Gasteiger partial charge in [-0.3, -0.25) is 4.79 Å². The van der Waals surface area contributed by atoms with Crippen LogP contribution >= 0.6 is 23.2 Å². The molecule has 0 aliphatic rings. The van der Waals surface area contributed by atoms with Gasteiger partial charge in [-0.15, -0.1) is 0 Å². The molecule has 1 aromatic rings. The van der Waals surface area contributed by atoms with Crippen molar-refractivity contribution >= 4 is 29.1 Å².